The number of aryl methyl sites for hydroxylation is 1. The van der Waals surface area contributed by atoms with Crippen LogP contribution >= 0.6 is 0 Å². The number of rotatable bonds is 4. The standard InChI is InChI=1S/C16H22N4O/c1-9(2)15-19-14(17)11(4)16(20-15)18-12-8-10(3)6-7-13(12)21-5/h6-9H,1-5H3,(H3,17,18,19,20). The third-order valence-corrected chi connectivity index (χ3v) is 3.33. The maximum atomic E-state index is 5.99. The van der Waals surface area contributed by atoms with E-state index in [9.17, 15) is 0 Å². The zero-order valence-electron chi connectivity index (χ0n) is 13.2. The van der Waals surface area contributed by atoms with Crippen molar-refractivity contribution < 1.29 is 4.74 Å². The van der Waals surface area contributed by atoms with E-state index < -0.39 is 0 Å². The maximum Gasteiger partial charge on any atom is 0.142 e. The van der Waals surface area contributed by atoms with Gasteiger partial charge in [0.1, 0.15) is 23.2 Å². The van der Waals surface area contributed by atoms with Gasteiger partial charge in [-0.25, -0.2) is 9.97 Å². The Hall–Kier alpha value is -2.30. The van der Waals surface area contributed by atoms with Crippen molar-refractivity contribution in [3.8, 4) is 5.75 Å². The highest BCUT2D eigenvalue weighted by Crippen LogP contribution is 2.30. The summed E-state index contributed by atoms with van der Waals surface area (Å²) in [6, 6.07) is 5.96. The number of nitrogen functional groups attached to an aromatic ring is 1. The molecule has 2 rings (SSSR count). The van der Waals surface area contributed by atoms with Crippen LogP contribution < -0.4 is 15.8 Å². The summed E-state index contributed by atoms with van der Waals surface area (Å²) >= 11 is 0. The molecule has 1 heterocycles. The second kappa shape index (κ2) is 5.99. The zero-order chi connectivity index (χ0) is 15.6. The molecular formula is C16H22N4O. The summed E-state index contributed by atoms with van der Waals surface area (Å²) in [6.45, 7) is 8.03. The van der Waals surface area contributed by atoms with Gasteiger partial charge in [-0.15, -0.1) is 0 Å². The van der Waals surface area contributed by atoms with E-state index in [1.165, 1.54) is 0 Å². The molecule has 1 aromatic heterocycles. The van der Waals surface area contributed by atoms with E-state index in [4.69, 9.17) is 10.5 Å². The fourth-order valence-electron chi connectivity index (χ4n) is 1.98. The maximum absolute atomic E-state index is 5.99. The first kappa shape index (κ1) is 15.1. The molecule has 2 aromatic rings. The van der Waals surface area contributed by atoms with Crippen LogP contribution in [0.15, 0.2) is 18.2 Å². The van der Waals surface area contributed by atoms with Gasteiger partial charge in [-0.3, -0.25) is 0 Å². The predicted molar refractivity (Wildman–Crippen MR) is 86.3 cm³/mol. The molecule has 21 heavy (non-hydrogen) atoms. The average Bonchev–Trinajstić information content (AvgIpc) is 2.43. The van der Waals surface area contributed by atoms with Crippen LogP contribution in [0.4, 0.5) is 17.3 Å². The van der Waals surface area contributed by atoms with Crippen molar-refractivity contribution >= 4 is 17.3 Å². The molecule has 0 aliphatic carbocycles. The molecule has 0 aliphatic rings. The number of nitrogens with zero attached hydrogens (tertiary/aromatic N) is 2. The van der Waals surface area contributed by atoms with Crippen LogP contribution in [0.5, 0.6) is 5.75 Å². The van der Waals surface area contributed by atoms with Gasteiger partial charge in [0.05, 0.1) is 12.8 Å². The van der Waals surface area contributed by atoms with Crippen LogP contribution in [0.1, 0.15) is 36.7 Å². The zero-order valence-corrected chi connectivity index (χ0v) is 13.2. The summed E-state index contributed by atoms with van der Waals surface area (Å²) in [5.74, 6) is 2.93. The molecule has 0 aliphatic heterocycles. The number of aromatic nitrogens is 2. The van der Waals surface area contributed by atoms with Crippen molar-refractivity contribution in [3.63, 3.8) is 0 Å². The van der Waals surface area contributed by atoms with E-state index in [2.05, 4.69) is 15.3 Å². The van der Waals surface area contributed by atoms with Crippen molar-refractivity contribution in [2.75, 3.05) is 18.2 Å². The number of nitrogens with one attached hydrogen (secondary N) is 1. The summed E-state index contributed by atoms with van der Waals surface area (Å²) in [4.78, 5) is 8.91. The largest absolute Gasteiger partial charge is 0.495 e. The lowest BCUT2D eigenvalue weighted by Crippen LogP contribution is -2.08. The predicted octanol–water partition coefficient (Wildman–Crippen LogP) is 3.55. The molecule has 0 fully saturated rings. The molecule has 0 saturated carbocycles. The van der Waals surface area contributed by atoms with Gasteiger partial charge in [-0.1, -0.05) is 19.9 Å². The first-order valence-electron chi connectivity index (χ1n) is 6.98. The lowest BCUT2D eigenvalue weighted by molar-refractivity contribution is 0.416. The lowest BCUT2D eigenvalue weighted by Gasteiger charge is -2.15. The molecule has 0 radical (unpaired) electrons. The van der Waals surface area contributed by atoms with Crippen molar-refractivity contribution in [2.45, 2.75) is 33.6 Å². The van der Waals surface area contributed by atoms with E-state index in [1.807, 2.05) is 45.9 Å². The fraction of sp³-hybridized carbons (Fsp3) is 0.375. The minimum absolute atomic E-state index is 0.216. The summed E-state index contributed by atoms with van der Waals surface area (Å²) in [5.41, 5.74) is 8.84. The highest BCUT2D eigenvalue weighted by Gasteiger charge is 2.13. The van der Waals surface area contributed by atoms with Gasteiger partial charge in [0, 0.05) is 11.5 Å². The smallest absolute Gasteiger partial charge is 0.142 e. The Balaban J connectivity index is 2.46. The normalized spacial score (nSPS) is 10.8. The van der Waals surface area contributed by atoms with E-state index in [1.54, 1.807) is 7.11 Å². The Kier molecular flexibility index (Phi) is 4.31. The molecule has 0 unspecified atom stereocenters. The molecule has 0 atom stereocenters. The monoisotopic (exact) mass is 286 g/mol. The Morgan fingerprint density at radius 3 is 2.52 bits per heavy atom. The number of anilines is 3. The quantitative estimate of drug-likeness (QED) is 0.899. The van der Waals surface area contributed by atoms with Gasteiger partial charge in [0.25, 0.3) is 0 Å². The number of hydrogen-bond donors (Lipinski definition) is 2. The van der Waals surface area contributed by atoms with Crippen LogP contribution in [-0.2, 0) is 0 Å². The minimum Gasteiger partial charge on any atom is -0.495 e. The third-order valence-electron chi connectivity index (χ3n) is 3.33. The van der Waals surface area contributed by atoms with Gasteiger partial charge >= 0.3 is 0 Å². The first-order chi connectivity index (χ1) is 9.92. The van der Waals surface area contributed by atoms with E-state index in [0.29, 0.717) is 5.82 Å². The van der Waals surface area contributed by atoms with Crippen molar-refractivity contribution in [1.82, 2.24) is 9.97 Å². The molecule has 0 bridgehead atoms. The van der Waals surface area contributed by atoms with Crippen LogP contribution in [0.25, 0.3) is 0 Å². The van der Waals surface area contributed by atoms with Crippen molar-refractivity contribution in [1.29, 1.82) is 0 Å². The van der Waals surface area contributed by atoms with Crippen LogP contribution in [0, 0.1) is 13.8 Å². The molecule has 3 N–H and O–H groups in total. The van der Waals surface area contributed by atoms with E-state index >= 15 is 0 Å². The molecule has 5 heteroatoms. The highest BCUT2D eigenvalue weighted by atomic mass is 16.5. The molecule has 0 amide bonds. The molecule has 0 spiro atoms. The summed E-state index contributed by atoms with van der Waals surface area (Å²) in [6.07, 6.45) is 0. The van der Waals surface area contributed by atoms with Gasteiger partial charge in [0.15, 0.2) is 0 Å². The van der Waals surface area contributed by atoms with E-state index in [-0.39, 0.29) is 5.92 Å². The number of hydrogen-bond acceptors (Lipinski definition) is 5. The van der Waals surface area contributed by atoms with Crippen LogP contribution in [-0.4, -0.2) is 17.1 Å². The Morgan fingerprint density at radius 2 is 1.90 bits per heavy atom. The number of methoxy groups -OCH3 is 1. The summed E-state index contributed by atoms with van der Waals surface area (Å²) in [7, 11) is 1.65. The molecule has 5 nitrogen and oxygen atoms in total. The summed E-state index contributed by atoms with van der Waals surface area (Å²) < 4.78 is 5.38. The minimum atomic E-state index is 0.216. The first-order valence-corrected chi connectivity index (χ1v) is 6.98. The van der Waals surface area contributed by atoms with Gasteiger partial charge in [-0.05, 0) is 31.5 Å². The number of ether oxygens (including phenoxy) is 1. The third kappa shape index (κ3) is 3.24. The Bertz CT molecular complexity index is 653. The molecule has 0 saturated heterocycles. The lowest BCUT2D eigenvalue weighted by atomic mass is 10.2. The van der Waals surface area contributed by atoms with Gasteiger partial charge in [-0.2, -0.15) is 0 Å². The average molecular weight is 286 g/mol. The SMILES string of the molecule is COc1ccc(C)cc1Nc1nc(C(C)C)nc(N)c1C. The van der Waals surface area contributed by atoms with Crippen LogP contribution in [0.3, 0.4) is 0 Å². The second-order valence-electron chi connectivity index (χ2n) is 5.42. The molecule has 1 aromatic carbocycles. The molecule has 112 valence electrons. The second-order valence-corrected chi connectivity index (χ2v) is 5.42. The summed E-state index contributed by atoms with van der Waals surface area (Å²) in [5, 5.41) is 3.31. The Morgan fingerprint density at radius 1 is 1.19 bits per heavy atom. The molecular weight excluding hydrogens is 264 g/mol. The highest BCUT2D eigenvalue weighted by molar-refractivity contribution is 5.69. The number of nitrogens with two attached hydrogens (primary N) is 1. The van der Waals surface area contributed by atoms with E-state index in [0.717, 1.165) is 34.2 Å². The van der Waals surface area contributed by atoms with Crippen molar-refractivity contribution in [2.24, 2.45) is 0 Å². The Labute approximate surface area is 125 Å². The van der Waals surface area contributed by atoms with Crippen molar-refractivity contribution in [3.05, 3.63) is 35.2 Å². The van der Waals surface area contributed by atoms with Crippen LogP contribution in [0.2, 0.25) is 0 Å². The fourth-order valence-corrected chi connectivity index (χ4v) is 1.98. The van der Waals surface area contributed by atoms with Gasteiger partial charge < -0.3 is 15.8 Å². The number of benzene rings is 1. The topological polar surface area (TPSA) is 73.1 Å². The van der Waals surface area contributed by atoms with Gasteiger partial charge in [0.2, 0.25) is 0 Å².